The normalized spacial score (nSPS) is 10.5. The molecule has 7 heteroatoms. The summed E-state index contributed by atoms with van der Waals surface area (Å²) < 4.78 is 6.03. The Morgan fingerprint density at radius 3 is 2.25 bits per heavy atom. The van der Waals surface area contributed by atoms with Crippen LogP contribution < -0.4 is 0 Å². The van der Waals surface area contributed by atoms with Gasteiger partial charge < -0.3 is 4.74 Å². The number of carbonyl (C=O) groups excluding carboxylic acids is 2. The highest BCUT2D eigenvalue weighted by Crippen LogP contribution is 2.31. The average molecular weight is 451 g/mol. The van der Waals surface area contributed by atoms with Crippen LogP contribution in [-0.4, -0.2) is 18.4 Å². The molecule has 3 nitrogen and oxygen atoms in total. The molecule has 0 aliphatic rings. The van der Waals surface area contributed by atoms with Gasteiger partial charge in [-0.2, -0.15) is 0 Å². The molecular formula is C17H12BrCl3O3. The van der Waals surface area contributed by atoms with Crippen LogP contribution in [0.5, 0.6) is 0 Å². The largest absolute Gasteiger partial charge is 0.462 e. The molecule has 24 heavy (non-hydrogen) atoms. The Labute approximate surface area is 163 Å². The second-order valence-corrected chi connectivity index (χ2v) is 7.00. The first kappa shape index (κ1) is 19.3. The van der Waals surface area contributed by atoms with E-state index in [9.17, 15) is 9.59 Å². The number of hydrogen-bond acceptors (Lipinski definition) is 3. The van der Waals surface area contributed by atoms with Crippen molar-refractivity contribution >= 4 is 62.5 Å². The third-order valence-electron chi connectivity index (χ3n) is 3.20. The highest BCUT2D eigenvalue weighted by Gasteiger charge is 2.18. The maximum absolute atomic E-state index is 12.1. The van der Waals surface area contributed by atoms with Gasteiger partial charge in [0.1, 0.15) is 0 Å². The minimum absolute atomic E-state index is 0.0163. The number of halogens is 4. The molecule has 0 radical (unpaired) electrons. The first-order chi connectivity index (χ1) is 11.4. The molecule has 0 atom stereocenters. The molecule has 0 spiro atoms. The van der Waals surface area contributed by atoms with Crippen LogP contribution in [0.3, 0.4) is 0 Å². The number of hydrogen-bond donors (Lipinski definition) is 0. The van der Waals surface area contributed by atoms with Gasteiger partial charge >= 0.3 is 5.97 Å². The van der Waals surface area contributed by atoms with Crippen molar-refractivity contribution in [3.63, 3.8) is 0 Å². The van der Waals surface area contributed by atoms with Crippen LogP contribution in [0.1, 0.15) is 33.6 Å². The van der Waals surface area contributed by atoms with Crippen LogP contribution in [-0.2, 0) is 4.74 Å². The molecule has 0 amide bonds. The first-order valence-electron chi connectivity index (χ1n) is 6.99. The first-order valence-corrected chi connectivity index (χ1v) is 8.92. The Kier molecular flexibility index (Phi) is 7.11. The third-order valence-corrected chi connectivity index (χ3v) is 4.84. The Balaban J connectivity index is 1.86. The van der Waals surface area contributed by atoms with E-state index in [0.29, 0.717) is 12.0 Å². The number of carbonyl (C=O) groups is 2. The highest BCUT2D eigenvalue weighted by atomic mass is 79.9. The van der Waals surface area contributed by atoms with Gasteiger partial charge in [0, 0.05) is 16.5 Å². The zero-order valence-electron chi connectivity index (χ0n) is 12.3. The number of rotatable bonds is 6. The molecule has 0 aromatic heterocycles. The molecule has 2 aromatic rings. The van der Waals surface area contributed by atoms with Crippen LogP contribution in [0, 0.1) is 0 Å². The lowest BCUT2D eigenvalue weighted by Crippen LogP contribution is -2.09. The molecular weight excluding hydrogens is 438 g/mol. The summed E-state index contributed by atoms with van der Waals surface area (Å²) in [5, 5.41) is 0.443. The summed E-state index contributed by atoms with van der Waals surface area (Å²) in [6, 6.07) is 10.1. The molecule has 0 heterocycles. The van der Waals surface area contributed by atoms with Crippen molar-refractivity contribution < 1.29 is 14.3 Å². The summed E-state index contributed by atoms with van der Waals surface area (Å²) in [4.78, 5) is 24.1. The van der Waals surface area contributed by atoms with Crippen molar-refractivity contribution in [2.24, 2.45) is 0 Å². The molecule has 0 saturated heterocycles. The molecule has 0 saturated carbocycles. The molecule has 0 aliphatic carbocycles. The van der Waals surface area contributed by atoms with Crippen molar-refractivity contribution in [2.75, 3.05) is 6.61 Å². The van der Waals surface area contributed by atoms with E-state index in [1.807, 2.05) is 0 Å². The second kappa shape index (κ2) is 8.86. The van der Waals surface area contributed by atoms with Gasteiger partial charge in [0.15, 0.2) is 5.78 Å². The van der Waals surface area contributed by atoms with Gasteiger partial charge in [-0.3, -0.25) is 4.79 Å². The molecule has 2 rings (SSSR count). The molecule has 0 unspecified atom stereocenters. The molecule has 0 aliphatic heterocycles. The number of ketones is 1. The monoisotopic (exact) mass is 448 g/mol. The second-order valence-electron chi connectivity index (χ2n) is 4.89. The maximum Gasteiger partial charge on any atom is 0.341 e. The number of ether oxygens (including phenoxy) is 1. The van der Waals surface area contributed by atoms with E-state index in [2.05, 4.69) is 15.9 Å². The van der Waals surface area contributed by atoms with Gasteiger partial charge in [-0.15, -0.1) is 0 Å². The lowest BCUT2D eigenvalue weighted by atomic mass is 10.1. The molecule has 0 fully saturated rings. The van der Waals surface area contributed by atoms with Crippen LogP contribution in [0.15, 0.2) is 40.9 Å². The lowest BCUT2D eigenvalue weighted by Gasteiger charge is -2.09. The zero-order valence-corrected chi connectivity index (χ0v) is 16.2. The smallest absolute Gasteiger partial charge is 0.341 e. The Morgan fingerprint density at radius 1 is 0.958 bits per heavy atom. The number of benzene rings is 2. The van der Waals surface area contributed by atoms with Crippen molar-refractivity contribution in [3.8, 4) is 0 Å². The Morgan fingerprint density at radius 2 is 1.58 bits per heavy atom. The summed E-state index contributed by atoms with van der Waals surface area (Å²) in [5.74, 6) is -0.680. The van der Waals surface area contributed by atoms with E-state index >= 15 is 0 Å². The topological polar surface area (TPSA) is 43.4 Å². The Bertz CT molecular complexity index is 760. The van der Waals surface area contributed by atoms with E-state index in [0.717, 1.165) is 4.47 Å². The van der Waals surface area contributed by atoms with E-state index < -0.39 is 5.97 Å². The summed E-state index contributed by atoms with van der Waals surface area (Å²) in [6.45, 7) is 0.0836. The fraction of sp³-hybridized carbons (Fsp3) is 0.176. The zero-order chi connectivity index (χ0) is 17.7. The van der Waals surface area contributed by atoms with Gasteiger partial charge in [0.25, 0.3) is 0 Å². The molecule has 0 N–H and O–H groups in total. The summed E-state index contributed by atoms with van der Waals surface area (Å²) in [7, 11) is 0. The van der Waals surface area contributed by atoms with Crippen LogP contribution in [0.2, 0.25) is 15.1 Å². The Hall–Kier alpha value is -1.07. The van der Waals surface area contributed by atoms with Gasteiger partial charge in [0.05, 0.1) is 27.2 Å². The van der Waals surface area contributed by atoms with Gasteiger partial charge in [-0.25, -0.2) is 4.79 Å². The lowest BCUT2D eigenvalue weighted by molar-refractivity contribution is 0.0494. The van der Waals surface area contributed by atoms with Crippen molar-refractivity contribution in [1.82, 2.24) is 0 Å². The van der Waals surface area contributed by atoms with E-state index in [1.165, 1.54) is 12.1 Å². The minimum atomic E-state index is -0.663. The summed E-state index contributed by atoms with van der Waals surface area (Å²) in [5.41, 5.74) is 0.649. The summed E-state index contributed by atoms with van der Waals surface area (Å²) >= 11 is 21.1. The fourth-order valence-electron chi connectivity index (χ4n) is 1.96. The van der Waals surface area contributed by atoms with Crippen LogP contribution >= 0.6 is 50.7 Å². The van der Waals surface area contributed by atoms with Crippen molar-refractivity contribution in [3.05, 3.63) is 67.1 Å². The minimum Gasteiger partial charge on any atom is -0.462 e. The van der Waals surface area contributed by atoms with Crippen molar-refractivity contribution in [1.29, 1.82) is 0 Å². The standard InChI is InChI=1S/C17H12BrCl3O3/c18-11-5-3-10(4-6-11)14(22)2-1-9-24-17(23)15-12(19)7-8-13(20)16(15)21/h3-8H,1-2,9H2. The fourth-order valence-corrected chi connectivity index (χ4v) is 2.91. The van der Waals surface area contributed by atoms with E-state index in [-0.39, 0.29) is 39.4 Å². The predicted octanol–water partition coefficient (Wildman–Crippen LogP) is 6.23. The quantitative estimate of drug-likeness (QED) is 0.227. The predicted molar refractivity (Wildman–Crippen MR) is 99.5 cm³/mol. The highest BCUT2D eigenvalue weighted by molar-refractivity contribution is 9.10. The van der Waals surface area contributed by atoms with Gasteiger partial charge in [0.2, 0.25) is 0 Å². The van der Waals surface area contributed by atoms with Crippen LogP contribution in [0.25, 0.3) is 0 Å². The molecule has 0 bridgehead atoms. The third kappa shape index (κ3) is 4.96. The number of Topliss-reactive ketones (excluding diaryl/α,β-unsaturated/α-hetero) is 1. The summed E-state index contributed by atoms with van der Waals surface area (Å²) in [6.07, 6.45) is 0.669. The SMILES string of the molecule is O=C(CCCOC(=O)c1c(Cl)ccc(Cl)c1Cl)c1ccc(Br)cc1. The van der Waals surface area contributed by atoms with Gasteiger partial charge in [-0.05, 0) is 30.7 Å². The molecule has 2 aromatic carbocycles. The molecule has 126 valence electrons. The maximum atomic E-state index is 12.1. The van der Waals surface area contributed by atoms with Crippen LogP contribution in [0.4, 0.5) is 0 Å². The van der Waals surface area contributed by atoms with Crippen molar-refractivity contribution in [2.45, 2.75) is 12.8 Å². The van der Waals surface area contributed by atoms with E-state index in [4.69, 9.17) is 39.5 Å². The van der Waals surface area contributed by atoms with E-state index in [1.54, 1.807) is 24.3 Å². The van der Waals surface area contributed by atoms with Gasteiger partial charge in [-0.1, -0.05) is 62.9 Å². The average Bonchev–Trinajstić information content (AvgIpc) is 2.56. The number of esters is 1.